The first-order valence-electron chi connectivity index (χ1n) is 9.39. The molecule has 134 valence electrons. The number of pyridine rings is 1. The molecule has 25 heavy (non-hydrogen) atoms. The Morgan fingerprint density at radius 1 is 1.20 bits per heavy atom. The molecule has 2 heterocycles. The summed E-state index contributed by atoms with van der Waals surface area (Å²) in [7, 11) is 0. The van der Waals surface area contributed by atoms with Crippen LogP contribution in [0.1, 0.15) is 38.2 Å². The topological polar surface area (TPSA) is 57.3 Å². The second kappa shape index (κ2) is 8.81. The number of rotatable bonds is 7. The molecule has 5 heteroatoms. The maximum atomic E-state index is 11.8. The largest absolute Gasteiger partial charge is 0.356 e. The van der Waals surface area contributed by atoms with Gasteiger partial charge in [0.25, 0.3) is 0 Å². The Hall–Kier alpha value is -2.14. The number of hydrogen-bond donors (Lipinski definition) is 2. The molecule has 1 saturated heterocycles. The van der Waals surface area contributed by atoms with Crippen LogP contribution < -0.4 is 15.5 Å². The van der Waals surface area contributed by atoms with Gasteiger partial charge in [0, 0.05) is 37.1 Å². The van der Waals surface area contributed by atoms with E-state index in [2.05, 4.69) is 40.7 Å². The molecule has 0 unspecified atom stereocenters. The van der Waals surface area contributed by atoms with E-state index in [1.165, 1.54) is 24.8 Å². The molecule has 1 aromatic carbocycles. The van der Waals surface area contributed by atoms with Gasteiger partial charge in [-0.15, -0.1) is 0 Å². The van der Waals surface area contributed by atoms with Crippen LogP contribution >= 0.6 is 0 Å². The van der Waals surface area contributed by atoms with E-state index in [1.54, 1.807) is 0 Å². The monoisotopic (exact) mass is 340 g/mol. The molecule has 1 aromatic heterocycles. The van der Waals surface area contributed by atoms with Gasteiger partial charge in [-0.25, -0.2) is 4.98 Å². The predicted octanol–water partition coefficient (Wildman–Crippen LogP) is 2.84. The fraction of sp³-hybridized carbons (Fsp3) is 0.500. The summed E-state index contributed by atoms with van der Waals surface area (Å²) in [5, 5.41) is 7.32. The van der Waals surface area contributed by atoms with Gasteiger partial charge < -0.3 is 15.5 Å². The Kier molecular flexibility index (Phi) is 6.23. The summed E-state index contributed by atoms with van der Waals surface area (Å²) in [6.07, 6.45) is 4.70. The van der Waals surface area contributed by atoms with Crippen molar-refractivity contribution in [3.05, 3.63) is 35.9 Å². The number of carbonyl (C=O) groups excluding carboxylic acids is 1. The van der Waals surface area contributed by atoms with Gasteiger partial charge in [-0.2, -0.15) is 0 Å². The molecule has 0 bridgehead atoms. The first-order chi connectivity index (χ1) is 12.3. The van der Waals surface area contributed by atoms with Crippen LogP contribution in [0.25, 0.3) is 10.9 Å². The first kappa shape index (κ1) is 17.7. The summed E-state index contributed by atoms with van der Waals surface area (Å²) < 4.78 is 0. The molecule has 1 aliphatic heterocycles. The molecule has 0 aliphatic carbocycles. The van der Waals surface area contributed by atoms with Crippen LogP contribution in [0.2, 0.25) is 0 Å². The highest BCUT2D eigenvalue weighted by Gasteiger charge is 2.17. The molecule has 0 saturated carbocycles. The van der Waals surface area contributed by atoms with Gasteiger partial charge in [0.2, 0.25) is 5.91 Å². The third-order valence-electron chi connectivity index (χ3n) is 4.61. The minimum absolute atomic E-state index is 0.0510. The molecule has 3 rings (SSSR count). The summed E-state index contributed by atoms with van der Waals surface area (Å²) >= 11 is 0. The van der Waals surface area contributed by atoms with Gasteiger partial charge in [-0.05, 0) is 37.8 Å². The molecule has 0 radical (unpaired) electrons. The second-order valence-electron chi connectivity index (χ2n) is 6.67. The first-order valence-corrected chi connectivity index (χ1v) is 9.39. The molecule has 2 N–H and O–H groups in total. The van der Waals surface area contributed by atoms with E-state index in [9.17, 15) is 4.79 Å². The number of benzene rings is 1. The summed E-state index contributed by atoms with van der Waals surface area (Å²) in [4.78, 5) is 19.1. The van der Waals surface area contributed by atoms with Crippen molar-refractivity contribution in [3.8, 4) is 0 Å². The van der Waals surface area contributed by atoms with Crippen molar-refractivity contribution in [1.29, 1.82) is 0 Å². The van der Waals surface area contributed by atoms with Crippen molar-refractivity contribution in [1.82, 2.24) is 15.6 Å². The molecular weight excluding hydrogens is 312 g/mol. The second-order valence-corrected chi connectivity index (χ2v) is 6.67. The number of piperidine rings is 1. The van der Waals surface area contributed by atoms with Crippen LogP contribution in [0.3, 0.4) is 0 Å². The minimum Gasteiger partial charge on any atom is -0.356 e. The van der Waals surface area contributed by atoms with Crippen molar-refractivity contribution >= 4 is 22.6 Å². The number of nitrogens with one attached hydrogen (secondary N) is 2. The van der Waals surface area contributed by atoms with Crippen LogP contribution in [-0.4, -0.2) is 37.1 Å². The van der Waals surface area contributed by atoms with Gasteiger partial charge in [0.05, 0.1) is 12.1 Å². The maximum Gasteiger partial charge on any atom is 0.233 e. The van der Waals surface area contributed by atoms with Gasteiger partial charge in [0.1, 0.15) is 5.82 Å². The van der Waals surface area contributed by atoms with E-state index in [4.69, 9.17) is 4.98 Å². The Bertz CT molecular complexity index is 710. The van der Waals surface area contributed by atoms with Crippen molar-refractivity contribution in [2.24, 2.45) is 0 Å². The van der Waals surface area contributed by atoms with Gasteiger partial charge in [-0.3, -0.25) is 4.79 Å². The van der Waals surface area contributed by atoms with E-state index >= 15 is 0 Å². The molecule has 1 aliphatic rings. The van der Waals surface area contributed by atoms with Crippen molar-refractivity contribution in [2.75, 3.05) is 31.1 Å². The fourth-order valence-corrected chi connectivity index (χ4v) is 3.30. The Morgan fingerprint density at radius 3 is 2.80 bits per heavy atom. The number of amides is 1. The number of carbonyl (C=O) groups is 1. The third-order valence-corrected chi connectivity index (χ3v) is 4.61. The lowest BCUT2D eigenvalue weighted by atomic mass is 10.1. The summed E-state index contributed by atoms with van der Waals surface area (Å²) in [5.74, 6) is 1.12. The summed E-state index contributed by atoms with van der Waals surface area (Å²) in [6.45, 7) is 5.91. The van der Waals surface area contributed by atoms with Gasteiger partial charge >= 0.3 is 0 Å². The smallest absolute Gasteiger partial charge is 0.233 e. The molecule has 1 amide bonds. The average molecular weight is 340 g/mol. The standard InChI is InChI=1S/C20H28N4O/c1-2-10-22-19(25)15-21-14-17-13-16-8-4-5-9-18(16)23-20(17)24-11-6-3-7-12-24/h4-5,8-9,13,21H,2-3,6-7,10-12,14-15H2,1H3,(H,22,25). The molecule has 0 spiro atoms. The normalized spacial score (nSPS) is 14.7. The molecule has 5 nitrogen and oxygen atoms in total. The van der Waals surface area contributed by atoms with Crippen LogP contribution in [0.15, 0.2) is 30.3 Å². The van der Waals surface area contributed by atoms with Crippen molar-refractivity contribution < 1.29 is 4.79 Å². The molecule has 1 fully saturated rings. The molecular formula is C20H28N4O. The van der Waals surface area contributed by atoms with Gasteiger partial charge in [-0.1, -0.05) is 25.1 Å². The number of nitrogens with zero attached hydrogens (tertiary/aromatic N) is 2. The highest BCUT2D eigenvalue weighted by molar-refractivity contribution is 5.82. The molecule has 0 atom stereocenters. The van der Waals surface area contributed by atoms with Crippen LogP contribution in [-0.2, 0) is 11.3 Å². The summed E-state index contributed by atoms with van der Waals surface area (Å²) in [6, 6.07) is 10.5. The Labute approximate surface area is 149 Å². The van der Waals surface area contributed by atoms with E-state index in [1.807, 2.05) is 12.1 Å². The highest BCUT2D eigenvalue weighted by Crippen LogP contribution is 2.26. The third kappa shape index (κ3) is 4.69. The van der Waals surface area contributed by atoms with Crippen LogP contribution in [0.5, 0.6) is 0 Å². The fourth-order valence-electron chi connectivity index (χ4n) is 3.30. The van der Waals surface area contributed by atoms with Crippen LogP contribution in [0.4, 0.5) is 5.82 Å². The lowest BCUT2D eigenvalue weighted by Crippen LogP contribution is -2.35. The van der Waals surface area contributed by atoms with E-state index in [0.29, 0.717) is 13.1 Å². The lowest BCUT2D eigenvalue weighted by molar-refractivity contribution is -0.120. The van der Waals surface area contributed by atoms with Crippen molar-refractivity contribution in [3.63, 3.8) is 0 Å². The zero-order valence-corrected chi connectivity index (χ0v) is 15.1. The zero-order chi connectivity index (χ0) is 17.5. The van der Waals surface area contributed by atoms with E-state index in [-0.39, 0.29) is 5.91 Å². The number of aromatic nitrogens is 1. The number of para-hydroxylation sites is 1. The maximum absolute atomic E-state index is 11.8. The SMILES string of the molecule is CCCNC(=O)CNCc1cc2ccccc2nc1N1CCCCC1. The quantitative estimate of drug-likeness (QED) is 0.814. The average Bonchev–Trinajstić information content (AvgIpc) is 2.66. The van der Waals surface area contributed by atoms with E-state index in [0.717, 1.165) is 42.8 Å². The Morgan fingerprint density at radius 2 is 2.00 bits per heavy atom. The zero-order valence-electron chi connectivity index (χ0n) is 15.1. The number of anilines is 1. The van der Waals surface area contributed by atoms with Gasteiger partial charge in [0.15, 0.2) is 0 Å². The number of hydrogen-bond acceptors (Lipinski definition) is 4. The van der Waals surface area contributed by atoms with Crippen molar-refractivity contribution in [2.45, 2.75) is 39.2 Å². The van der Waals surface area contributed by atoms with E-state index < -0.39 is 0 Å². The Balaban J connectivity index is 1.75. The predicted molar refractivity (Wildman–Crippen MR) is 103 cm³/mol. The molecule has 2 aromatic rings. The summed E-state index contributed by atoms with van der Waals surface area (Å²) in [5.41, 5.74) is 2.21. The highest BCUT2D eigenvalue weighted by atomic mass is 16.1. The van der Waals surface area contributed by atoms with Crippen LogP contribution in [0, 0.1) is 0 Å². The number of fused-ring (bicyclic) bond motifs is 1. The minimum atomic E-state index is 0.0510. The lowest BCUT2D eigenvalue weighted by Gasteiger charge is -2.30.